The summed E-state index contributed by atoms with van der Waals surface area (Å²) in [4.78, 5) is 12.3. The molecule has 0 atom stereocenters. The van der Waals surface area contributed by atoms with Gasteiger partial charge in [-0.25, -0.2) is 4.98 Å². The van der Waals surface area contributed by atoms with Crippen LogP contribution in [0.3, 0.4) is 0 Å². The number of rotatable bonds is 5. The fourth-order valence-electron chi connectivity index (χ4n) is 2.82. The number of aryl methyl sites for hydroxylation is 1. The molecule has 0 fully saturated rings. The molecule has 124 valence electrons. The van der Waals surface area contributed by atoms with Gasteiger partial charge < -0.3 is 4.98 Å². The van der Waals surface area contributed by atoms with Gasteiger partial charge in [0, 0.05) is 24.5 Å². The van der Waals surface area contributed by atoms with E-state index in [1.54, 1.807) is 0 Å². The lowest BCUT2D eigenvalue weighted by Crippen LogP contribution is -1.95. The highest BCUT2D eigenvalue weighted by Crippen LogP contribution is 2.25. The second kappa shape index (κ2) is 6.73. The Morgan fingerprint density at radius 3 is 2.68 bits per heavy atom. The van der Waals surface area contributed by atoms with E-state index in [9.17, 15) is 0 Å². The Bertz CT molecular complexity index is 968. The van der Waals surface area contributed by atoms with E-state index in [4.69, 9.17) is 0 Å². The monoisotopic (exact) mass is 329 g/mol. The van der Waals surface area contributed by atoms with Crippen molar-refractivity contribution in [3.8, 4) is 33.9 Å². The quantitative estimate of drug-likeness (QED) is 0.590. The van der Waals surface area contributed by atoms with Crippen LogP contribution >= 0.6 is 0 Å². The molecule has 4 rings (SSSR count). The van der Waals surface area contributed by atoms with Gasteiger partial charge in [0.2, 0.25) is 0 Å². The molecule has 0 unspecified atom stereocenters. The normalized spacial score (nSPS) is 10.9. The highest BCUT2D eigenvalue weighted by Gasteiger charge is 2.09. The fraction of sp³-hybridized carbons (Fsp3) is 0.150. The minimum Gasteiger partial charge on any atom is -0.337 e. The molecule has 3 aromatic heterocycles. The van der Waals surface area contributed by atoms with Crippen LogP contribution in [-0.2, 0) is 6.54 Å². The van der Waals surface area contributed by atoms with Crippen LogP contribution in [0.4, 0.5) is 0 Å². The first-order valence-corrected chi connectivity index (χ1v) is 8.43. The second-order valence-corrected chi connectivity index (χ2v) is 5.93. The summed E-state index contributed by atoms with van der Waals surface area (Å²) < 4.78 is 1.97. The highest BCUT2D eigenvalue weighted by atomic mass is 15.3. The molecule has 5 nitrogen and oxygen atoms in total. The van der Waals surface area contributed by atoms with Crippen molar-refractivity contribution in [3.05, 3.63) is 67.3 Å². The SMILES string of the molecule is CCCn1cc(-c2ccnc(-c3ncc(-c4ccccc4)[nH]3)c2)cn1. The summed E-state index contributed by atoms with van der Waals surface area (Å²) in [5.41, 5.74) is 5.09. The molecular weight excluding hydrogens is 310 g/mol. The average Bonchev–Trinajstić information content (AvgIpc) is 3.33. The molecular formula is C20H19N5. The molecule has 1 aromatic carbocycles. The van der Waals surface area contributed by atoms with Crippen LogP contribution < -0.4 is 0 Å². The van der Waals surface area contributed by atoms with Crippen LogP contribution in [0.25, 0.3) is 33.9 Å². The number of benzene rings is 1. The zero-order valence-corrected chi connectivity index (χ0v) is 14.1. The van der Waals surface area contributed by atoms with Gasteiger partial charge in [-0.1, -0.05) is 37.3 Å². The van der Waals surface area contributed by atoms with E-state index in [0.717, 1.165) is 46.9 Å². The van der Waals surface area contributed by atoms with Gasteiger partial charge in [0.1, 0.15) is 5.69 Å². The Kier molecular flexibility index (Phi) is 4.12. The molecule has 3 heterocycles. The van der Waals surface area contributed by atoms with Gasteiger partial charge in [-0.3, -0.25) is 9.67 Å². The number of imidazole rings is 1. The number of H-pyrrole nitrogens is 1. The van der Waals surface area contributed by atoms with Crippen LogP contribution in [0.2, 0.25) is 0 Å². The van der Waals surface area contributed by atoms with Crippen LogP contribution in [0.1, 0.15) is 13.3 Å². The maximum atomic E-state index is 4.49. The topological polar surface area (TPSA) is 59.4 Å². The van der Waals surface area contributed by atoms with Gasteiger partial charge in [-0.05, 0) is 29.7 Å². The van der Waals surface area contributed by atoms with Crippen molar-refractivity contribution < 1.29 is 0 Å². The molecule has 0 aliphatic heterocycles. The van der Waals surface area contributed by atoms with Crippen molar-refractivity contribution in [3.63, 3.8) is 0 Å². The minimum absolute atomic E-state index is 0.765. The maximum absolute atomic E-state index is 4.49. The number of nitrogens with zero attached hydrogens (tertiary/aromatic N) is 4. The number of aromatic amines is 1. The molecule has 5 heteroatoms. The van der Waals surface area contributed by atoms with E-state index in [0.29, 0.717) is 0 Å². The zero-order chi connectivity index (χ0) is 17.1. The molecule has 0 spiro atoms. The number of pyridine rings is 1. The van der Waals surface area contributed by atoms with Crippen molar-refractivity contribution in [1.29, 1.82) is 0 Å². The lowest BCUT2D eigenvalue weighted by molar-refractivity contribution is 0.603. The van der Waals surface area contributed by atoms with Gasteiger partial charge in [0.05, 0.1) is 18.1 Å². The smallest absolute Gasteiger partial charge is 0.156 e. The molecule has 0 aliphatic carbocycles. The minimum atomic E-state index is 0.765. The Labute approximate surface area is 146 Å². The Balaban J connectivity index is 1.64. The van der Waals surface area contributed by atoms with Crippen LogP contribution in [0.5, 0.6) is 0 Å². The molecule has 4 aromatic rings. The van der Waals surface area contributed by atoms with Gasteiger partial charge in [-0.15, -0.1) is 0 Å². The van der Waals surface area contributed by atoms with Gasteiger partial charge in [0.15, 0.2) is 5.82 Å². The number of hydrogen-bond acceptors (Lipinski definition) is 3. The van der Waals surface area contributed by atoms with Gasteiger partial charge >= 0.3 is 0 Å². The highest BCUT2D eigenvalue weighted by molar-refractivity contribution is 5.68. The zero-order valence-electron chi connectivity index (χ0n) is 14.1. The summed E-state index contributed by atoms with van der Waals surface area (Å²) in [5, 5.41) is 4.40. The van der Waals surface area contributed by atoms with E-state index < -0.39 is 0 Å². The summed E-state index contributed by atoms with van der Waals surface area (Å²) in [7, 11) is 0. The molecule has 1 N–H and O–H groups in total. The van der Waals surface area contributed by atoms with Gasteiger partial charge in [0.25, 0.3) is 0 Å². The first-order valence-electron chi connectivity index (χ1n) is 8.43. The molecule has 0 bridgehead atoms. The molecule has 0 saturated carbocycles. The summed E-state index contributed by atoms with van der Waals surface area (Å²) in [5.74, 6) is 0.765. The first-order chi connectivity index (χ1) is 12.3. The number of aromatic nitrogens is 5. The Morgan fingerprint density at radius 1 is 0.960 bits per heavy atom. The van der Waals surface area contributed by atoms with E-state index in [1.165, 1.54) is 0 Å². The van der Waals surface area contributed by atoms with Crippen molar-refractivity contribution in [2.45, 2.75) is 19.9 Å². The van der Waals surface area contributed by atoms with E-state index in [1.807, 2.05) is 53.6 Å². The number of hydrogen-bond donors (Lipinski definition) is 1. The van der Waals surface area contributed by atoms with E-state index in [-0.39, 0.29) is 0 Å². The number of nitrogens with one attached hydrogen (secondary N) is 1. The summed E-state index contributed by atoms with van der Waals surface area (Å²) in [6.07, 6.45) is 8.69. The molecule has 0 aliphatic rings. The molecule has 0 radical (unpaired) electrons. The van der Waals surface area contributed by atoms with Crippen molar-refractivity contribution in [2.24, 2.45) is 0 Å². The molecule has 25 heavy (non-hydrogen) atoms. The first kappa shape index (κ1) is 15.3. The largest absolute Gasteiger partial charge is 0.337 e. The summed E-state index contributed by atoms with van der Waals surface area (Å²) >= 11 is 0. The summed E-state index contributed by atoms with van der Waals surface area (Å²) in [6, 6.07) is 14.2. The third-order valence-electron chi connectivity index (χ3n) is 4.08. The van der Waals surface area contributed by atoms with Crippen LogP contribution in [0, 0.1) is 0 Å². The Hall–Kier alpha value is -3.21. The van der Waals surface area contributed by atoms with E-state index in [2.05, 4.69) is 45.3 Å². The van der Waals surface area contributed by atoms with Crippen molar-refractivity contribution in [1.82, 2.24) is 24.7 Å². The average molecular weight is 329 g/mol. The standard InChI is InChI=1S/C20H19N5/c1-2-10-25-14-17(12-23-25)16-8-9-21-18(11-16)20-22-13-19(24-20)15-6-4-3-5-7-15/h3-9,11-14H,2,10H2,1H3,(H,22,24). The third kappa shape index (κ3) is 3.21. The van der Waals surface area contributed by atoms with E-state index >= 15 is 0 Å². The second-order valence-electron chi connectivity index (χ2n) is 5.93. The van der Waals surface area contributed by atoms with Crippen molar-refractivity contribution >= 4 is 0 Å². The van der Waals surface area contributed by atoms with Crippen LogP contribution in [-0.4, -0.2) is 24.7 Å². The third-order valence-corrected chi connectivity index (χ3v) is 4.08. The Morgan fingerprint density at radius 2 is 1.84 bits per heavy atom. The fourth-order valence-corrected chi connectivity index (χ4v) is 2.82. The lowest BCUT2D eigenvalue weighted by Gasteiger charge is -2.01. The predicted molar refractivity (Wildman–Crippen MR) is 98.8 cm³/mol. The van der Waals surface area contributed by atoms with Crippen LogP contribution in [0.15, 0.2) is 67.3 Å². The molecule has 0 saturated heterocycles. The lowest BCUT2D eigenvalue weighted by atomic mass is 10.1. The summed E-state index contributed by atoms with van der Waals surface area (Å²) in [6.45, 7) is 3.07. The predicted octanol–water partition coefficient (Wildman–Crippen LogP) is 4.41. The van der Waals surface area contributed by atoms with Crippen molar-refractivity contribution in [2.75, 3.05) is 0 Å². The maximum Gasteiger partial charge on any atom is 0.156 e. The van der Waals surface area contributed by atoms with Gasteiger partial charge in [-0.2, -0.15) is 5.10 Å². The molecule has 0 amide bonds.